The second-order valence-corrected chi connectivity index (χ2v) is 10.6. The van der Waals surface area contributed by atoms with Gasteiger partial charge in [0, 0.05) is 18.8 Å². The number of azide groups is 1. The molecule has 1 saturated carbocycles. The lowest BCUT2D eigenvalue weighted by molar-refractivity contribution is -0.316. The van der Waals surface area contributed by atoms with E-state index in [1.165, 1.54) is 14.0 Å². The maximum Gasteiger partial charge on any atom is 0.217 e. The highest BCUT2D eigenvalue weighted by Gasteiger charge is 2.60. The maximum absolute atomic E-state index is 12.0. The summed E-state index contributed by atoms with van der Waals surface area (Å²) < 4.78 is 23.4. The van der Waals surface area contributed by atoms with E-state index in [1.807, 2.05) is 0 Å². The van der Waals surface area contributed by atoms with Gasteiger partial charge in [-0.25, -0.2) is 0 Å². The molecular weight excluding hydrogens is 568 g/mol. The van der Waals surface area contributed by atoms with Crippen molar-refractivity contribution >= 4 is 11.8 Å². The summed E-state index contributed by atoms with van der Waals surface area (Å²) in [4.78, 5) is 26.3. The number of amides is 2. The molecule has 2 amide bonds. The molecule has 0 radical (unpaired) electrons. The van der Waals surface area contributed by atoms with Crippen molar-refractivity contribution in [3.8, 4) is 0 Å². The molecule has 240 valence electrons. The Labute approximate surface area is 240 Å². The number of aliphatic hydroxyl groups excluding tert-OH is 6. The lowest BCUT2D eigenvalue weighted by Gasteiger charge is -2.47. The van der Waals surface area contributed by atoms with Crippen LogP contribution >= 0.6 is 0 Å². The molecule has 19 nitrogen and oxygen atoms in total. The lowest BCUT2D eigenvalue weighted by atomic mass is 9.81. The summed E-state index contributed by atoms with van der Waals surface area (Å²) in [7, 11) is 1.43. The summed E-state index contributed by atoms with van der Waals surface area (Å²) >= 11 is 0. The predicted octanol–water partition coefficient (Wildman–Crippen LogP) is -5.32. The van der Waals surface area contributed by atoms with Gasteiger partial charge in [0.15, 0.2) is 12.6 Å². The Balaban J connectivity index is 1.98. The molecular formula is C23H40N6O13. The minimum atomic E-state index is -2.12. The first-order chi connectivity index (χ1) is 19.7. The van der Waals surface area contributed by atoms with Crippen LogP contribution in [0.3, 0.4) is 0 Å². The molecule has 19 heteroatoms. The van der Waals surface area contributed by atoms with Crippen LogP contribution in [0.15, 0.2) is 5.11 Å². The molecule has 0 bridgehead atoms. The van der Waals surface area contributed by atoms with E-state index in [9.17, 15) is 45.3 Å². The highest BCUT2D eigenvalue weighted by atomic mass is 16.8. The molecule has 15 atom stereocenters. The highest BCUT2D eigenvalue weighted by molar-refractivity contribution is 5.74. The minimum absolute atomic E-state index is 0.612. The molecule has 1 aliphatic carbocycles. The average Bonchev–Trinajstić information content (AvgIpc) is 3.16. The first-order valence-corrected chi connectivity index (χ1v) is 13.3. The molecule has 2 aliphatic heterocycles. The second kappa shape index (κ2) is 14.0. The third-order valence-corrected chi connectivity index (χ3v) is 7.84. The molecule has 14 unspecified atom stereocenters. The van der Waals surface area contributed by atoms with Gasteiger partial charge < -0.3 is 70.6 Å². The number of nitrogens with zero attached hydrogens (tertiary/aromatic N) is 3. The van der Waals surface area contributed by atoms with Gasteiger partial charge in [0.05, 0.1) is 43.5 Å². The van der Waals surface area contributed by atoms with E-state index in [-0.39, 0.29) is 0 Å². The van der Waals surface area contributed by atoms with E-state index in [0.717, 1.165) is 13.8 Å². The van der Waals surface area contributed by atoms with Crippen LogP contribution in [0.2, 0.25) is 0 Å². The number of ether oxygens (including phenoxy) is 4. The van der Waals surface area contributed by atoms with E-state index < -0.39 is 116 Å². The molecule has 2 saturated heterocycles. The normalized spacial score (nSPS) is 45.6. The lowest BCUT2D eigenvalue weighted by Crippen LogP contribution is -2.72. The van der Waals surface area contributed by atoms with Crippen LogP contribution in [0.4, 0.5) is 0 Å². The third-order valence-electron chi connectivity index (χ3n) is 7.84. The van der Waals surface area contributed by atoms with Crippen molar-refractivity contribution in [2.45, 2.75) is 112 Å². The Hall–Kier alpha value is -2.23. The summed E-state index contributed by atoms with van der Waals surface area (Å²) in [6.07, 6.45) is -17.1. The van der Waals surface area contributed by atoms with Crippen molar-refractivity contribution in [1.29, 1.82) is 0 Å². The zero-order valence-corrected chi connectivity index (χ0v) is 23.4. The Morgan fingerprint density at radius 1 is 0.905 bits per heavy atom. The summed E-state index contributed by atoms with van der Waals surface area (Å²) in [6, 6.07) is -3.94. The zero-order valence-electron chi connectivity index (χ0n) is 23.4. The van der Waals surface area contributed by atoms with E-state index in [1.54, 1.807) is 0 Å². The van der Waals surface area contributed by atoms with Crippen LogP contribution in [-0.2, 0) is 28.5 Å². The van der Waals surface area contributed by atoms with Crippen molar-refractivity contribution < 1.29 is 64.3 Å². The van der Waals surface area contributed by atoms with Crippen LogP contribution in [0, 0.1) is 0 Å². The predicted molar refractivity (Wildman–Crippen MR) is 137 cm³/mol. The number of carbonyl (C=O) groups excluding carboxylic acids is 2. The van der Waals surface area contributed by atoms with Gasteiger partial charge in [0.25, 0.3) is 0 Å². The Morgan fingerprint density at radius 2 is 1.50 bits per heavy atom. The standard InChI is InChI=1S/C23H40N6O13/c1-7-23(38,6-26-29-24)20(42-21-13(25-4)17(36)14(33)10(5-30)40-21)22(39-7)41-19-12(28-9(3)32)15(34)11(27-8(2)31)16(35)18(19)37/h7,10-22,25,30,33-38H,5-6H2,1-4H3,(H,27,31)(H,28,32)/t7?,10?,11?,12?,13?,14?,15?,16?,17?,18?,19?,20-,21?,22?,23?/m1/s1. The van der Waals surface area contributed by atoms with E-state index in [0.29, 0.717) is 0 Å². The third kappa shape index (κ3) is 6.78. The number of aliphatic hydroxyl groups is 7. The number of nitrogens with one attached hydrogen (secondary N) is 3. The van der Waals surface area contributed by atoms with Crippen LogP contribution in [0.5, 0.6) is 0 Å². The molecule has 42 heavy (non-hydrogen) atoms. The molecule has 0 aromatic rings. The summed E-state index contributed by atoms with van der Waals surface area (Å²) in [5.74, 6) is -1.28. The van der Waals surface area contributed by atoms with Gasteiger partial charge in [-0.3, -0.25) is 9.59 Å². The molecule has 10 N–H and O–H groups in total. The van der Waals surface area contributed by atoms with Crippen molar-refractivity contribution in [2.75, 3.05) is 20.2 Å². The van der Waals surface area contributed by atoms with Gasteiger partial charge in [0.1, 0.15) is 48.3 Å². The first kappa shape index (κ1) is 34.3. The average molecular weight is 609 g/mol. The molecule has 2 heterocycles. The van der Waals surface area contributed by atoms with Crippen LogP contribution in [0.25, 0.3) is 10.4 Å². The molecule has 3 rings (SSSR count). The fourth-order valence-electron chi connectivity index (χ4n) is 5.52. The van der Waals surface area contributed by atoms with Gasteiger partial charge in [0.2, 0.25) is 11.8 Å². The van der Waals surface area contributed by atoms with E-state index in [2.05, 4.69) is 26.0 Å². The Morgan fingerprint density at radius 3 is 2.05 bits per heavy atom. The zero-order chi connectivity index (χ0) is 31.5. The van der Waals surface area contributed by atoms with Crippen molar-refractivity contribution in [3.63, 3.8) is 0 Å². The number of likely N-dealkylation sites (N-methyl/N-ethyl adjacent to an activating group) is 1. The Kier molecular flexibility index (Phi) is 11.5. The van der Waals surface area contributed by atoms with Crippen LogP contribution in [-0.4, -0.2) is 159 Å². The van der Waals surface area contributed by atoms with Gasteiger partial charge in [-0.05, 0) is 19.5 Å². The molecule has 0 aromatic carbocycles. The first-order valence-electron chi connectivity index (χ1n) is 13.3. The van der Waals surface area contributed by atoms with Gasteiger partial charge in [-0.15, -0.1) is 0 Å². The second-order valence-electron chi connectivity index (χ2n) is 10.6. The van der Waals surface area contributed by atoms with Crippen molar-refractivity contribution in [2.24, 2.45) is 5.11 Å². The van der Waals surface area contributed by atoms with Crippen molar-refractivity contribution in [1.82, 2.24) is 16.0 Å². The summed E-state index contributed by atoms with van der Waals surface area (Å²) in [5.41, 5.74) is 6.81. The molecule has 0 spiro atoms. The van der Waals surface area contributed by atoms with E-state index in [4.69, 9.17) is 24.5 Å². The number of rotatable bonds is 10. The maximum atomic E-state index is 12.0. The monoisotopic (exact) mass is 608 g/mol. The smallest absolute Gasteiger partial charge is 0.217 e. The minimum Gasteiger partial charge on any atom is -0.394 e. The molecule has 3 fully saturated rings. The number of carbonyl (C=O) groups is 2. The number of hydrogen-bond acceptors (Lipinski definition) is 15. The van der Waals surface area contributed by atoms with Gasteiger partial charge in [-0.1, -0.05) is 5.11 Å². The van der Waals surface area contributed by atoms with E-state index >= 15 is 0 Å². The molecule has 0 aromatic heterocycles. The quantitative estimate of drug-likeness (QED) is 0.0629. The molecule has 3 aliphatic rings. The van der Waals surface area contributed by atoms with Crippen LogP contribution in [0.1, 0.15) is 20.8 Å². The fraction of sp³-hybridized carbons (Fsp3) is 0.913. The van der Waals surface area contributed by atoms with Crippen LogP contribution < -0.4 is 16.0 Å². The summed E-state index contributed by atoms with van der Waals surface area (Å²) in [5, 5.41) is 85.7. The van der Waals surface area contributed by atoms with Gasteiger partial charge >= 0.3 is 0 Å². The number of hydrogen-bond donors (Lipinski definition) is 10. The topological polar surface area (TPSA) is 298 Å². The summed E-state index contributed by atoms with van der Waals surface area (Å²) in [6.45, 7) is 2.35. The van der Waals surface area contributed by atoms with Gasteiger partial charge in [-0.2, -0.15) is 0 Å². The Bertz CT molecular complexity index is 1010. The fourth-order valence-corrected chi connectivity index (χ4v) is 5.52. The largest absolute Gasteiger partial charge is 0.394 e. The van der Waals surface area contributed by atoms with Crippen molar-refractivity contribution in [3.05, 3.63) is 10.4 Å². The SMILES string of the molecule is CNC1C(O[C@@H]2C(OC3C(O)C(O)C(NC(C)=O)C(O)C3NC(C)=O)OC(C)C2(O)CN=[N+]=[N-])OC(CO)C(O)C1O. The highest BCUT2D eigenvalue weighted by Crippen LogP contribution is 2.39.